The number of carbonyl (C=O) groups is 1. The number of aromatic nitrogens is 1. The summed E-state index contributed by atoms with van der Waals surface area (Å²) in [6, 6.07) is 8.40. The summed E-state index contributed by atoms with van der Waals surface area (Å²) in [4.78, 5) is 16.4. The van der Waals surface area contributed by atoms with Crippen LogP contribution in [0.3, 0.4) is 0 Å². The Morgan fingerprint density at radius 3 is 2.52 bits per heavy atom. The summed E-state index contributed by atoms with van der Waals surface area (Å²) in [5.74, 6) is 0.921. The van der Waals surface area contributed by atoms with Gasteiger partial charge in [-0.05, 0) is 55.2 Å². The smallest absolute Gasteiger partial charge is 0.242 e. The number of rotatable bonds is 5. The SMILES string of the molecule is NC(C(=O)Nc1ccc(Oc2ccc(F)cc2)cn1)C1CCOCC1. The molecule has 1 aliphatic heterocycles. The van der Waals surface area contributed by atoms with E-state index in [1.807, 2.05) is 0 Å². The summed E-state index contributed by atoms with van der Waals surface area (Å²) in [7, 11) is 0. The molecule has 3 N–H and O–H groups in total. The number of hydrogen-bond acceptors (Lipinski definition) is 5. The molecule has 0 saturated carbocycles. The molecule has 1 aliphatic rings. The fourth-order valence-electron chi connectivity index (χ4n) is 2.65. The quantitative estimate of drug-likeness (QED) is 0.870. The first-order valence-corrected chi connectivity index (χ1v) is 8.15. The highest BCUT2D eigenvalue weighted by Gasteiger charge is 2.26. The lowest BCUT2D eigenvalue weighted by Crippen LogP contribution is -2.44. The average Bonchev–Trinajstić information content (AvgIpc) is 2.65. The molecular formula is C18H20FN3O3. The van der Waals surface area contributed by atoms with Crippen molar-refractivity contribution in [3.8, 4) is 11.5 Å². The summed E-state index contributed by atoms with van der Waals surface area (Å²) in [5.41, 5.74) is 6.03. The largest absolute Gasteiger partial charge is 0.456 e. The Bertz CT molecular complexity index is 701. The molecule has 1 saturated heterocycles. The molecule has 0 aliphatic carbocycles. The van der Waals surface area contributed by atoms with Crippen molar-refractivity contribution in [2.24, 2.45) is 11.7 Å². The van der Waals surface area contributed by atoms with E-state index in [2.05, 4.69) is 10.3 Å². The molecule has 2 aromatic rings. The number of nitrogens with zero attached hydrogens (tertiary/aromatic N) is 1. The number of benzene rings is 1. The van der Waals surface area contributed by atoms with Crippen LogP contribution >= 0.6 is 0 Å². The molecule has 3 rings (SSSR count). The van der Waals surface area contributed by atoms with Crippen LogP contribution in [0.2, 0.25) is 0 Å². The second-order valence-corrected chi connectivity index (χ2v) is 5.90. The molecule has 0 radical (unpaired) electrons. The van der Waals surface area contributed by atoms with E-state index in [0.29, 0.717) is 30.5 Å². The van der Waals surface area contributed by atoms with Gasteiger partial charge in [0.1, 0.15) is 23.1 Å². The van der Waals surface area contributed by atoms with Crippen molar-refractivity contribution in [3.63, 3.8) is 0 Å². The predicted molar refractivity (Wildman–Crippen MR) is 90.9 cm³/mol. The summed E-state index contributed by atoms with van der Waals surface area (Å²) in [6.45, 7) is 1.28. The molecule has 0 spiro atoms. The van der Waals surface area contributed by atoms with Crippen LogP contribution in [0.1, 0.15) is 12.8 Å². The molecule has 7 heteroatoms. The number of pyridine rings is 1. The van der Waals surface area contributed by atoms with Crippen LogP contribution in [-0.4, -0.2) is 30.1 Å². The lowest BCUT2D eigenvalue weighted by atomic mass is 9.92. The van der Waals surface area contributed by atoms with Crippen molar-refractivity contribution < 1.29 is 18.7 Å². The molecule has 1 amide bonds. The topological polar surface area (TPSA) is 86.5 Å². The lowest BCUT2D eigenvalue weighted by Gasteiger charge is -2.26. The zero-order valence-electron chi connectivity index (χ0n) is 13.7. The van der Waals surface area contributed by atoms with E-state index in [1.54, 1.807) is 12.1 Å². The third-order valence-electron chi connectivity index (χ3n) is 4.11. The first-order valence-electron chi connectivity index (χ1n) is 8.15. The normalized spacial score (nSPS) is 16.2. The minimum Gasteiger partial charge on any atom is -0.456 e. The van der Waals surface area contributed by atoms with Crippen LogP contribution in [0.4, 0.5) is 10.2 Å². The fourth-order valence-corrected chi connectivity index (χ4v) is 2.65. The number of hydrogen-bond donors (Lipinski definition) is 2. The van der Waals surface area contributed by atoms with E-state index in [1.165, 1.54) is 30.5 Å². The van der Waals surface area contributed by atoms with Gasteiger partial charge < -0.3 is 20.5 Å². The van der Waals surface area contributed by atoms with Gasteiger partial charge in [-0.3, -0.25) is 4.79 Å². The van der Waals surface area contributed by atoms with Crippen molar-refractivity contribution in [2.45, 2.75) is 18.9 Å². The summed E-state index contributed by atoms with van der Waals surface area (Å²) >= 11 is 0. The van der Waals surface area contributed by atoms with Crippen molar-refractivity contribution >= 4 is 11.7 Å². The minimum atomic E-state index is -0.583. The Labute approximate surface area is 145 Å². The van der Waals surface area contributed by atoms with Gasteiger partial charge in [-0.2, -0.15) is 0 Å². The predicted octanol–water partition coefficient (Wildman–Crippen LogP) is 2.71. The fraction of sp³-hybridized carbons (Fsp3) is 0.333. The number of anilines is 1. The van der Waals surface area contributed by atoms with Crippen LogP contribution in [0.25, 0.3) is 0 Å². The number of halogens is 1. The molecule has 1 fully saturated rings. The van der Waals surface area contributed by atoms with E-state index in [4.69, 9.17) is 15.2 Å². The van der Waals surface area contributed by atoms with Gasteiger partial charge in [0.05, 0.1) is 12.2 Å². The standard InChI is InChI=1S/C18H20FN3O3/c19-13-1-3-14(4-2-13)25-15-5-6-16(21-11-15)22-18(23)17(20)12-7-9-24-10-8-12/h1-6,11-12,17H,7-10,20H2,(H,21,22,23). The molecule has 132 valence electrons. The lowest BCUT2D eigenvalue weighted by molar-refractivity contribution is -0.119. The van der Waals surface area contributed by atoms with E-state index < -0.39 is 6.04 Å². The number of nitrogens with one attached hydrogen (secondary N) is 1. The molecule has 1 unspecified atom stereocenters. The first kappa shape index (κ1) is 17.3. The molecule has 25 heavy (non-hydrogen) atoms. The van der Waals surface area contributed by atoms with Gasteiger partial charge >= 0.3 is 0 Å². The highest BCUT2D eigenvalue weighted by molar-refractivity contribution is 5.94. The number of ether oxygens (including phenoxy) is 2. The van der Waals surface area contributed by atoms with Crippen LogP contribution < -0.4 is 15.8 Å². The van der Waals surface area contributed by atoms with Crippen molar-refractivity contribution in [3.05, 3.63) is 48.4 Å². The summed E-state index contributed by atoms with van der Waals surface area (Å²) < 4.78 is 23.7. The highest BCUT2D eigenvalue weighted by atomic mass is 19.1. The van der Waals surface area contributed by atoms with Crippen LogP contribution in [0.15, 0.2) is 42.6 Å². The zero-order valence-corrected chi connectivity index (χ0v) is 13.7. The zero-order chi connectivity index (χ0) is 17.6. The molecule has 0 bridgehead atoms. The maximum absolute atomic E-state index is 12.9. The first-order chi connectivity index (χ1) is 12.1. The van der Waals surface area contributed by atoms with Gasteiger partial charge in [0, 0.05) is 13.2 Å². The van der Waals surface area contributed by atoms with Crippen molar-refractivity contribution in [2.75, 3.05) is 18.5 Å². The monoisotopic (exact) mass is 345 g/mol. The molecule has 1 atom stereocenters. The van der Waals surface area contributed by atoms with Crippen molar-refractivity contribution in [1.82, 2.24) is 4.98 Å². The van der Waals surface area contributed by atoms with E-state index in [-0.39, 0.29) is 17.6 Å². The maximum atomic E-state index is 12.9. The Kier molecular flexibility index (Phi) is 5.57. The molecule has 6 nitrogen and oxygen atoms in total. The second-order valence-electron chi connectivity index (χ2n) is 5.90. The Balaban J connectivity index is 1.56. The summed E-state index contributed by atoms with van der Waals surface area (Å²) in [5, 5.41) is 2.72. The molecule has 1 aromatic heterocycles. The summed E-state index contributed by atoms with van der Waals surface area (Å²) in [6.07, 6.45) is 3.05. The average molecular weight is 345 g/mol. The van der Waals surface area contributed by atoms with Gasteiger partial charge in [-0.25, -0.2) is 9.37 Å². The van der Waals surface area contributed by atoms with Crippen LogP contribution in [-0.2, 0) is 9.53 Å². The molecular weight excluding hydrogens is 325 g/mol. The van der Waals surface area contributed by atoms with Gasteiger partial charge in [0.15, 0.2) is 0 Å². The Morgan fingerprint density at radius 2 is 1.88 bits per heavy atom. The molecule has 2 heterocycles. The van der Waals surface area contributed by atoms with Crippen LogP contribution in [0, 0.1) is 11.7 Å². The maximum Gasteiger partial charge on any atom is 0.242 e. The minimum absolute atomic E-state index is 0.120. The van der Waals surface area contributed by atoms with Crippen molar-refractivity contribution in [1.29, 1.82) is 0 Å². The third kappa shape index (κ3) is 4.74. The third-order valence-corrected chi connectivity index (χ3v) is 4.11. The Morgan fingerprint density at radius 1 is 1.20 bits per heavy atom. The van der Waals surface area contributed by atoms with E-state index in [0.717, 1.165) is 12.8 Å². The van der Waals surface area contributed by atoms with E-state index >= 15 is 0 Å². The number of carbonyl (C=O) groups excluding carboxylic acids is 1. The van der Waals surface area contributed by atoms with Gasteiger partial charge in [-0.15, -0.1) is 0 Å². The highest BCUT2D eigenvalue weighted by Crippen LogP contribution is 2.22. The second kappa shape index (κ2) is 8.04. The van der Waals surface area contributed by atoms with Crippen LogP contribution in [0.5, 0.6) is 11.5 Å². The van der Waals surface area contributed by atoms with Gasteiger partial charge in [0.25, 0.3) is 0 Å². The molecule has 1 aromatic carbocycles. The number of nitrogens with two attached hydrogens (primary N) is 1. The number of amides is 1. The Hall–Kier alpha value is -2.51. The van der Waals surface area contributed by atoms with Gasteiger partial charge in [-0.1, -0.05) is 0 Å². The van der Waals surface area contributed by atoms with E-state index in [9.17, 15) is 9.18 Å². The van der Waals surface area contributed by atoms with Gasteiger partial charge in [0.2, 0.25) is 5.91 Å².